The molecule has 1 atom stereocenters. The maximum Gasteiger partial charge on any atom is 0.248 e. The van der Waals surface area contributed by atoms with Crippen LogP contribution in [0.1, 0.15) is 26.2 Å². The second-order valence-electron chi connectivity index (χ2n) is 4.93. The van der Waals surface area contributed by atoms with Crippen molar-refractivity contribution in [1.29, 1.82) is 0 Å². The second kappa shape index (κ2) is 6.47. The summed E-state index contributed by atoms with van der Waals surface area (Å²) >= 11 is 3.45. The zero-order valence-corrected chi connectivity index (χ0v) is 13.1. The number of nitrogens with one attached hydrogen (secondary N) is 1. The van der Waals surface area contributed by atoms with E-state index in [0.29, 0.717) is 31.3 Å². The quantitative estimate of drug-likeness (QED) is 0.846. The first-order chi connectivity index (χ1) is 9.52. The molecule has 0 radical (unpaired) electrons. The largest absolute Gasteiger partial charge is 0.419 e. The lowest BCUT2D eigenvalue weighted by Crippen LogP contribution is -2.36. The fourth-order valence-corrected chi connectivity index (χ4v) is 2.09. The van der Waals surface area contributed by atoms with Gasteiger partial charge < -0.3 is 14.8 Å². The minimum atomic E-state index is -0.717. The van der Waals surface area contributed by atoms with Gasteiger partial charge in [0.1, 0.15) is 0 Å². The smallest absolute Gasteiger partial charge is 0.248 e. The van der Waals surface area contributed by atoms with Crippen LogP contribution in [0, 0.1) is 0 Å². The van der Waals surface area contributed by atoms with Crippen molar-refractivity contribution in [2.45, 2.75) is 32.4 Å². The molecule has 0 saturated heterocycles. The van der Waals surface area contributed by atoms with Crippen molar-refractivity contribution in [1.82, 2.24) is 15.5 Å². The normalized spacial score (nSPS) is 14.2. The number of nitrogens with zero attached hydrogens (tertiary/aromatic N) is 2. The van der Waals surface area contributed by atoms with Gasteiger partial charge in [-0.15, -0.1) is 10.2 Å². The number of hydrogen-bond acceptors (Lipinski definition) is 5. The van der Waals surface area contributed by atoms with Gasteiger partial charge in [-0.1, -0.05) is 19.1 Å². The second-order valence-corrected chi connectivity index (χ2v) is 5.79. The topological polar surface area (TPSA) is 71.2 Å². The highest BCUT2D eigenvalue weighted by molar-refractivity contribution is 9.10. The van der Waals surface area contributed by atoms with Gasteiger partial charge in [-0.05, 0) is 41.4 Å². The van der Waals surface area contributed by atoms with Gasteiger partial charge in [-0.25, -0.2) is 0 Å². The zero-order chi connectivity index (χ0) is 14.6. The van der Waals surface area contributed by atoms with Crippen LogP contribution in [-0.4, -0.2) is 27.4 Å². The first-order valence-corrected chi connectivity index (χ1v) is 7.31. The predicted molar refractivity (Wildman–Crippen MR) is 80.1 cm³/mol. The summed E-state index contributed by atoms with van der Waals surface area (Å²) in [7, 11) is 0. The third-order valence-corrected chi connectivity index (χ3v) is 3.81. The van der Waals surface area contributed by atoms with E-state index in [1.54, 1.807) is 6.92 Å². The monoisotopic (exact) mass is 339 g/mol. The number of aromatic nitrogens is 2. The molecule has 1 aromatic carbocycles. The van der Waals surface area contributed by atoms with Crippen LogP contribution in [0.4, 0.5) is 0 Å². The molecule has 20 heavy (non-hydrogen) atoms. The molecule has 0 aliphatic heterocycles. The number of rotatable bonds is 6. The Morgan fingerprint density at radius 1 is 1.35 bits per heavy atom. The first-order valence-electron chi connectivity index (χ1n) is 6.52. The Kier molecular flexibility index (Phi) is 4.91. The SMILES string of the molecule is CCC(C)(O)CNCc1nnc(-c2ccccc2Br)o1. The lowest BCUT2D eigenvalue weighted by atomic mass is 10.0. The summed E-state index contributed by atoms with van der Waals surface area (Å²) in [5, 5.41) is 21.0. The lowest BCUT2D eigenvalue weighted by molar-refractivity contribution is 0.0550. The third-order valence-electron chi connectivity index (χ3n) is 3.11. The van der Waals surface area contributed by atoms with E-state index in [1.165, 1.54) is 0 Å². The van der Waals surface area contributed by atoms with Crippen molar-refractivity contribution in [2.75, 3.05) is 6.54 Å². The van der Waals surface area contributed by atoms with Gasteiger partial charge in [0.2, 0.25) is 11.8 Å². The van der Waals surface area contributed by atoms with Crippen molar-refractivity contribution in [3.63, 3.8) is 0 Å². The molecule has 0 fully saturated rings. The van der Waals surface area contributed by atoms with Crippen LogP contribution in [-0.2, 0) is 6.54 Å². The van der Waals surface area contributed by atoms with Gasteiger partial charge in [0.05, 0.1) is 17.7 Å². The molecule has 108 valence electrons. The molecule has 0 saturated carbocycles. The molecular formula is C14H18BrN3O2. The lowest BCUT2D eigenvalue weighted by Gasteiger charge is -2.20. The Balaban J connectivity index is 1.98. The van der Waals surface area contributed by atoms with E-state index in [4.69, 9.17) is 4.42 Å². The summed E-state index contributed by atoms with van der Waals surface area (Å²) in [5.74, 6) is 0.985. The van der Waals surface area contributed by atoms with Gasteiger partial charge in [0, 0.05) is 11.0 Å². The average molecular weight is 340 g/mol. The van der Waals surface area contributed by atoms with Gasteiger partial charge in [-0.3, -0.25) is 0 Å². The minimum absolute atomic E-state index is 0.438. The molecule has 1 unspecified atom stereocenters. The number of benzene rings is 1. The maximum absolute atomic E-state index is 9.89. The molecule has 2 aromatic rings. The zero-order valence-electron chi connectivity index (χ0n) is 11.6. The molecule has 0 aliphatic carbocycles. The minimum Gasteiger partial charge on any atom is -0.419 e. The first kappa shape index (κ1) is 15.2. The molecular weight excluding hydrogens is 322 g/mol. The summed E-state index contributed by atoms with van der Waals surface area (Å²) < 4.78 is 6.52. The third kappa shape index (κ3) is 3.88. The number of aliphatic hydroxyl groups is 1. The Hall–Kier alpha value is -1.24. The molecule has 0 spiro atoms. The van der Waals surface area contributed by atoms with Crippen molar-refractivity contribution in [3.8, 4) is 11.5 Å². The van der Waals surface area contributed by atoms with E-state index in [-0.39, 0.29) is 0 Å². The number of halogens is 1. The molecule has 6 heteroatoms. The van der Waals surface area contributed by atoms with E-state index in [1.807, 2.05) is 31.2 Å². The fraction of sp³-hybridized carbons (Fsp3) is 0.429. The van der Waals surface area contributed by atoms with Crippen LogP contribution in [0.2, 0.25) is 0 Å². The Morgan fingerprint density at radius 2 is 2.10 bits per heavy atom. The van der Waals surface area contributed by atoms with E-state index in [0.717, 1.165) is 10.0 Å². The van der Waals surface area contributed by atoms with Gasteiger partial charge in [-0.2, -0.15) is 0 Å². The summed E-state index contributed by atoms with van der Waals surface area (Å²) in [5.41, 5.74) is 0.150. The van der Waals surface area contributed by atoms with Crippen molar-refractivity contribution >= 4 is 15.9 Å². The van der Waals surface area contributed by atoms with Crippen molar-refractivity contribution in [3.05, 3.63) is 34.6 Å². The summed E-state index contributed by atoms with van der Waals surface area (Å²) in [6.07, 6.45) is 0.687. The van der Waals surface area contributed by atoms with E-state index >= 15 is 0 Å². The molecule has 0 aliphatic rings. The van der Waals surface area contributed by atoms with Crippen LogP contribution < -0.4 is 5.32 Å². The van der Waals surface area contributed by atoms with Crippen LogP contribution in [0.3, 0.4) is 0 Å². The Morgan fingerprint density at radius 3 is 2.80 bits per heavy atom. The van der Waals surface area contributed by atoms with Gasteiger partial charge in [0.25, 0.3) is 0 Å². The fourth-order valence-electron chi connectivity index (χ4n) is 1.63. The molecule has 0 bridgehead atoms. The highest BCUT2D eigenvalue weighted by Crippen LogP contribution is 2.26. The van der Waals surface area contributed by atoms with E-state index < -0.39 is 5.60 Å². The van der Waals surface area contributed by atoms with Crippen molar-refractivity contribution < 1.29 is 9.52 Å². The van der Waals surface area contributed by atoms with Crippen LogP contribution in [0.5, 0.6) is 0 Å². The van der Waals surface area contributed by atoms with Crippen molar-refractivity contribution in [2.24, 2.45) is 0 Å². The Bertz CT molecular complexity index is 569. The predicted octanol–water partition coefficient (Wildman–Crippen LogP) is 2.75. The number of hydrogen-bond donors (Lipinski definition) is 2. The standard InChI is InChI=1S/C14H18BrN3O2/c1-3-14(2,19)9-16-8-12-17-18-13(20-12)10-6-4-5-7-11(10)15/h4-7,16,19H,3,8-9H2,1-2H3. The van der Waals surface area contributed by atoms with E-state index in [2.05, 4.69) is 31.4 Å². The van der Waals surface area contributed by atoms with E-state index in [9.17, 15) is 5.11 Å². The average Bonchev–Trinajstić information content (AvgIpc) is 2.88. The van der Waals surface area contributed by atoms with Gasteiger partial charge in [0.15, 0.2) is 0 Å². The molecule has 5 nitrogen and oxygen atoms in total. The Labute approximate surface area is 126 Å². The highest BCUT2D eigenvalue weighted by atomic mass is 79.9. The molecule has 1 heterocycles. The molecule has 0 amide bonds. The maximum atomic E-state index is 9.89. The highest BCUT2D eigenvalue weighted by Gasteiger charge is 2.17. The summed E-state index contributed by atoms with van der Waals surface area (Å²) in [6.45, 7) is 4.66. The van der Waals surface area contributed by atoms with Gasteiger partial charge >= 0.3 is 0 Å². The van der Waals surface area contributed by atoms with Crippen LogP contribution >= 0.6 is 15.9 Å². The van der Waals surface area contributed by atoms with Crippen LogP contribution in [0.15, 0.2) is 33.2 Å². The van der Waals surface area contributed by atoms with Crippen LogP contribution in [0.25, 0.3) is 11.5 Å². The molecule has 1 aromatic heterocycles. The molecule has 2 N–H and O–H groups in total. The molecule has 2 rings (SSSR count). The summed E-state index contributed by atoms with van der Waals surface area (Å²) in [6, 6.07) is 7.69. The summed E-state index contributed by atoms with van der Waals surface area (Å²) in [4.78, 5) is 0.